The number of fused-ring (bicyclic) bond motifs is 1. The first-order chi connectivity index (χ1) is 16.8. The fraction of sp³-hybridized carbons (Fsp3) is 0.250. The monoisotopic (exact) mass is 472 g/mol. The fourth-order valence-electron chi connectivity index (χ4n) is 4.74. The zero-order chi connectivity index (χ0) is 25.1. The number of hydrogen-bond acceptors (Lipinski definition) is 4. The van der Waals surface area contributed by atoms with Crippen LogP contribution in [-0.4, -0.2) is 36.0 Å². The van der Waals surface area contributed by atoms with Gasteiger partial charge in [0, 0.05) is 29.9 Å². The van der Waals surface area contributed by atoms with Crippen molar-refractivity contribution in [3.05, 3.63) is 89.5 Å². The first kappa shape index (κ1) is 24.0. The lowest BCUT2D eigenvalue weighted by Crippen LogP contribution is -2.47. The standard InChI is InChI=1S/C28H28N2O5/c1-18-16-26(30(19(2)31)22-12-8-20(9-13-22)17-27(32)33)24-6-4-5-7-25(24)29(18)28(34)21-10-14-23(35-3)15-11-21/h4-15,18,26H,16-17H2,1-3H3,(H,32,33)/t18-,26+/m1/s1. The Balaban J connectivity index is 1.71. The minimum absolute atomic E-state index is 0.0773. The lowest BCUT2D eigenvalue weighted by atomic mass is 9.89. The van der Waals surface area contributed by atoms with Gasteiger partial charge < -0.3 is 19.6 Å². The van der Waals surface area contributed by atoms with E-state index in [1.54, 1.807) is 65.4 Å². The molecule has 1 aliphatic rings. The van der Waals surface area contributed by atoms with Crippen LogP contribution in [0.15, 0.2) is 72.8 Å². The van der Waals surface area contributed by atoms with Crippen LogP contribution in [0.2, 0.25) is 0 Å². The maximum absolute atomic E-state index is 13.5. The topological polar surface area (TPSA) is 87.2 Å². The van der Waals surface area contributed by atoms with E-state index in [9.17, 15) is 14.4 Å². The van der Waals surface area contributed by atoms with E-state index in [2.05, 4.69) is 0 Å². The van der Waals surface area contributed by atoms with Crippen LogP contribution in [0.4, 0.5) is 11.4 Å². The highest BCUT2D eigenvalue weighted by Gasteiger charge is 2.38. The highest BCUT2D eigenvalue weighted by molar-refractivity contribution is 6.07. The van der Waals surface area contributed by atoms with Crippen molar-refractivity contribution in [1.82, 2.24) is 0 Å². The highest BCUT2D eigenvalue weighted by Crippen LogP contribution is 2.42. The number of carboxylic acid groups (broad SMARTS) is 1. The number of carbonyl (C=O) groups excluding carboxylic acids is 2. The summed E-state index contributed by atoms with van der Waals surface area (Å²) in [7, 11) is 1.58. The molecule has 35 heavy (non-hydrogen) atoms. The second-order valence-corrected chi connectivity index (χ2v) is 8.69. The number of nitrogens with zero attached hydrogens (tertiary/aromatic N) is 2. The van der Waals surface area contributed by atoms with Crippen molar-refractivity contribution >= 4 is 29.2 Å². The molecule has 0 bridgehead atoms. The van der Waals surface area contributed by atoms with Crippen molar-refractivity contribution in [2.75, 3.05) is 16.9 Å². The molecule has 7 heteroatoms. The average molecular weight is 473 g/mol. The van der Waals surface area contributed by atoms with E-state index in [0.29, 0.717) is 29.0 Å². The van der Waals surface area contributed by atoms with Crippen LogP contribution in [0.3, 0.4) is 0 Å². The summed E-state index contributed by atoms with van der Waals surface area (Å²) < 4.78 is 5.21. The Labute approximate surface area is 204 Å². The summed E-state index contributed by atoms with van der Waals surface area (Å²) in [4.78, 5) is 41.0. The largest absolute Gasteiger partial charge is 0.497 e. The van der Waals surface area contributed by atoms with Crippen molar-refractivity contribution in [3.8, 4) is 5.75 Å². The second-order valence-electron chi connectivity index (χ2n) is 8.69. The van der Waals surface area contributed by atoms with Gasteiger partial charge in [-0.1, -0.05) is 30.3 Å². The van der Waals surface area contributed by atoms with E-state index >= 15 is 0 Å². The number of amides is 2. The minimum atomic E-state index is -0.905. The number of rotatable bonds is 6. The molecule has 2 amide bonds. The summed E-state index contributed by atoms with van der Waals surface area (Å²) in [6.45, 7) is 3.51. The molecule has 1 N–H and O–H groups in total. The molecule has 0 aromatic heterocycles. The van der Waals surface area contributed by atoms with Crippen LogP contribution in [0.5, 0.6) is 5.75 Å². The molecule has 0 saturated carbocycles. The van der Waals surface area contributed by atoms with Gasteiger partial charge in [0.15, 0.2) is 0 Å². The highest BCUT2D eigenvalue weighted by atomic mass is 16.5. The van der Waals surface area contributed by atoms with E-state index < -0.39 is 5.97 Å². The molecule has 1 heterocycles. The van der Waals surface area contributed by atoms with Gasteiger partial charge in [0.05, 0.1) is 19.6 Å². The van der Waals surface area contributed by atoms with Gasteiger partial charge in [-0.2, -0.15) is 0 Å². The van der Waals surface area contributed by atoms with E-state index in [1.165, 1.54) is 6.92 Å². The molecule has 3 aromatic carbocycles. The Kier molecular flexibility index (Phi) is 6.87. The van der Waals surface area contributed by atoms with E-state index in [4.69, 9.17) is 9.84 Å². The lowest BCUT2D eigenvalue weighted by molar-refractivity contribution is -0.136. The third-order valence-corrected chi connectivity index (χ3v) is 6.34. The molecule has 0 radical (unpaired) electrons. The summed E-state index contributed by atoms with van der Waals surface area (Å²) in [5.74, 6) is -0.464. The molecule has 1 aliphatic heterocycles. The first-order valence-electron chi connectivity index (χ1n) is 11.5. The average Bonchev–Trinajstić information content (AvgIpc) is 2.84. The number of anilines is 2. The summed E-state index contributed by atoms with van der Waals surface area (Å²) >= 11 is 0. The molecule has 3 aromatic rings. The molecule has 180 valence electrons. The number of carbonyl (C=O) groups is 3. The lowest BCUT2D eigenvalue weighted by Gasteiger charge is -2.43. The van der Waals surface area contributed by atoms with Crippen molar-refractivity contribution < 1.29 is 24.2 Å². The van der Waals surface area contributed by atoms with Crippen molar-refractivity contribution in [1.29, 1.82) is 0 Å². The Morgan fingerprint density at radius 1 is 1.00 bits per heavy atom. The molecule has 0 fully saturated rings. The molecule has 0 spiro atoms. The molecule has 4 rings (SSSR count). The number of hydrogen-bond donors (Lipinski definition) is 1. The van der Waals surface area contributed by atoms with Gasteiger partial charge in [-0.3, -0.25) is 14.4 Å². The van der Waals surface area contributed by atoms with Crippen LogP contribution in [0, 0.1) is 0 Å². The third-order valence-electron chi connectivity index (χ3n) is 6.34. The maximum Gasteiger partial charge on any atom is 0.307 e. The summed E-state index contributed by atoms with van der Waals surface area (Å²) in [5.41, 5.74) is 3.57. The smallest absolute Gasteiger partial charge is 0.307 e. The molecule has 2 atom stereocenters. The Morgan fingerprint density at radius 3 is 2.26 bits per heavy atom. The van der Waals surface area contributed by atoms with Crippen LogP contribution < -0.4 is 14.5 Å². The van der Waals surface area contributed by atoms with E-state index in [0.717, 1.165) is 11.3 Å². The van der Waals surface area contributed by atoms with E-state index in [-0.39, 0.29) is 30.3 Å². The number of ether oxygens (including phenoxy) is 1. The predicted molar refractivity (Wildman–Crippen MR) is 134 cm³/mol. The van der Waals surface area contributed by atoms with Gasteiger partial charge >= 0.3 is 5.97 Å². The third kappa shape index (κ3) is 4.89. The summed E-state index contributed by atoms with van der Waals surface area (Å²) in [6.07, 6.45) is 0.474. The van der Waals surface area contributed by atoms with Crippen LogP contribution in [0.25, 0.3) is 0 Å². The molecule has 0 saturated heterocycles. The number of methoxy groups -OCH3 is 1. The van der Waals surface area contributed by atoms with Crippen LogP contribution >= 0.6 is 0 Å². The molecular weight excluding hydrogens is 444 g/mol. The van der Waals surface area contributed by atoms with Gasteiger partial charge in [0.25, 0.3) is 5.91 Å². The van der Waals surface area contributed by atoms with Gasteiger partial charge in [-0.05, 0) is 66.9 Å². The molecule has 7 nitrogen and oxygen atoms in total. The SMILES string of the molecule is COc1ccc(C(=O)N2c3ccccc3[C@@H](N(C(C)=O)c3ccc(CC(=O)O)cc3)C[C@H]2C)cc1. The van der Waals surface area contributed by atoms with Crippen LogP contribution in [0.1, 0.15) is 47.8 Å². The van der Waals surface area contributed by atoms with Crippen molar-refractivity contribution in [2.45, 2.75) is 38.8 Å². The predicted octanol–water partition coefficient (Wildman–Crippen LogP) is 4.86. The van der Waals surface area contributed by atoms with Crippen LogP contribution in [-0.2, 0) is 16.0 Å². The summed E-state index contributed by atoms with van der Waals surface area (Å²) in [6, 6.07) is 21.3. The molecule has 0 aliphatic carbocycles. The molecule has 0 unspecified atom stereocenters. The van der Waals surface area contributed by atoms with Crippen molar-refractivity contribution in [2.24, 2.45) is 0 Å². The van der Waals surface area contributed by atoms with Gasteiger partial charge in [0.2, 0.25) is 5.91 Å². The fourth-order valence-corrected chi connectivity index (χ4v) is 4.74. The van der Waals surface area contributed by atoms with Gasteiger partial charge in [-0.25, -0.2) is 0 Å². The Hall–Kier alpha value is -4.13. The quantitative estimate of drug-likeness (QED) is 0.554. The van der Waals surface area contributed by atoms with E-state index in [1.807, 2.05) is 31.2 Å². The zero-order valence-electron chi connectivity index (χ0n) is 20.0. The number of carboxylic acids is 1. The Bertz CT molecular complexity index is 1240. The Morgan fingerprint density at radius 2 is 1.66 bits per heavy atom. The van der Waals surface area contributed by atoms with Gasteiger partial charge in [-0.15, -0.1) is 0 Å². The minimum Gasteiger partial charge on any atom is -0.497 e. The normalized spacial score (nSPS) is 16.8. The van der Waals surface area contributed by atoms with Gasteiger partial charge in [0.1, 0.15) is 5.75 Å². The van der Waals surface area contributed by atoms with Crippen molar-refractivity contribution in [3.63, 3.8) is 0 Å². The zero-order valence-corrected chi connectivity index (χ0v) is 20.0. The second kappa shape index (κ2) is 10.0. The number of para-hydroxylation sites is 1. The first-order valence-corrected chi connectivity index (χ1v) is 11.5. The number of aliphatic carboxylic acids is 1. The number of benzene rings is 3. The summed E-state index contributed by atoms with van der Waals surface area (Å²) in [5, 5.41) is 9.05. The molecular formula is C28H28N2O5. The maximum atomic E-state index is 13.5.